The van der Waals surface area contributed by atoms with Gasteiger partial charge in [-0.3, -0.25) is 9.69 Å². The molecule has 0 radical (unpaired) electrons. The number of aliphatic carboxylic acids is 1. The van der Waals surface area contributed by atoms with E-state index in [-0.39, 0.29) is 17.8 Å². The monoisotopic (exact) mass is 572 g/mol. The highest BCUT2D eigenvalue weighted by Crippen LogP contribution is 2.46. The van der Waals surface area contributed by atoms with Crippen molar-refractivity contribution in [1.82, 2.24) is 9.88 Å². The van der Waals surface area contributed by atoms with Crippen LogP contribution in [0.25, 0.3) is 11.1 Å². The van der Waals surface area contributed by atoms with Crippen molar-refractivity contribution in [2.45, 2.75) is 76.9 Å². The summed E-state index contributed by atoms with van der Waals surface area (Å²) in [5, 5.41) is 9.84. The molecule has 3 aromatic rings. The number of pyridine rings is 1. The van der Waals surface area contributed by atoms with Gasteiger partial charge in [-0.25, -0.2) is 9.37 Å². The largest absolute Gasteiger partial charge is 0.485 e. The van der Waals surface area contributed by atoms with Crippen LogP contribution in [0.4, 0.5) is 4.39 Å². The summed E-state index contributed by atoms with van der Waals surface area (Å²) in [7, 11) is 1.54. The van der Waals surface area contributed by atoms with Crippen molar-refractivity contribution in [3.05, 3.63) is 76.7 Å². The number of benzene rings is 2. The second kappa shape index (κ2) is 12.4. The normalized spacial score (nSPS) is 20.6. The number of nitrogens with zero attached hydrogens (tertiary/aromatic N) is 2. The van der Waals surface area contributed by atoms with E-state index in [2.05, 4.69) is 40.2 Å². The van der Waals surface area contributed by atoms with E-state index in [0.717, 1.165) is 73.3 Å². The molecule has 0 amide bonds. The van der Waals surface area contributed by atoms with E-state index >= 15 is 4.39 Å². The van der Waals surface area contributed by atoms with E-state index < -0.39 is 11.9 Å². The van der Waals surface area contributed by atoms with E-state index in [0.29, 0.717) is 17.4 Å². The first-order valence-corrected chi connectivity index (χ1v) is 15.5. The fourth-order valence-electron chi connectivity index (χ4n) is 7.05. The molecule has 3 heterocycles. The Morgan fingerprint density at radius 3 is 2.60 bits per heavy atom. The highest BCUT2D eigenvalue weighted by atomic mass is 19.1. The van der Waals surface area contributed by atoms with Crippen LogP contribution in [-0.4, -0.2) is 41.2 Å². The fraction of sp³-hybridized carbons (Fsp3) is 0.486. The van der Waals surface area contributed by atoms with E-state index in [1.165, 1.54) is 37.4 Å². The minimum Gasteiger partial charge on any atom is -0.485 e. The molecule has 7 heteroatoms. The third-order valence-electron chi connectivity index (χ3n) is 9.68. The Morgan fingerprint density at radius 1 is 1.07 bits per heavy atom. The van der Waals surface area contributed by atoms with E-state index in [1.54, 1.807) is 13.2 Å². The predicted molar refractivity (Wildman–Crippen MR) is 160 cm³/mol. The molecule has 3 aliphatic rings. The average Bonchev–Trinajstić information content (AvgIpc) is 2.99. The van der Waals surface area contributed by atoms with Gasteiger partial charge in [-0.05, 0) is 97.3 Å². The predicted octanol–water partition coefficient (Wildman–Crippen LogP) is 7.55. The minimum absolute atomic E-state index is 0.00629. The molecule has 1 aromatic heterocycles. The molecule has 2 fully saturated rings. The van der Waals surface area contributed by atoms with Gasteiger partial charge in [-0.15, -0.1) is 0 Å². The molecular formula is C35H41FN2O4. The molecule has 6 rings (SSSR count). The zero-order valence-corrected chi connectivity index (χ0v) is 24.7. The number of fused-ring (bicyclic) bond motifs is 1. The average molecular weight is 573 g/mol. The number of carboxylic acid groups (broad SMARTS) is 1. The van der Waals surface area contributed by atoms with Crippen molar-refractivity contribution in [3.8, 4) is 22.8 Å². The molecule has 0 bridgehead atoms. The number of likely N-dealkylation sites (tertiary alicyclic amines) is 1. The Morgan fingerprint density at radius 2 is 1.88 bits per heavy atom. The smallest absolute Gasteiger partial charge is 0.306 e. The number of aryl methyl sites for hydroxylation is 1. The molecule has 3 atom stereocenters. The van der Waals surface area contributed by atoms with Crippen LogP contribution in [0.1, 0.15) is 86.1 Å². The third kappa shape index (κ3) is 5.89. The molecule has 1 saturated carbocycles. The lowest BCUT2D eigenvalue weighted by molar-refractivity contribution is -0.142. The van der Waals surface area contributed by atoms with Gasteiger partial charge in [0.2, 0.25) is 5.88 Å². The third-order valence-corrected chi connectivity index (χ3v) is 9.68. The number of hydrogen-bond acceptors (Lipinski definition) is 5. The molecule has 0 spiro atoms. The van der Waals surface area contributed by atoms with Crippen LogP contribution >= 0.6 is 0 Å². The van der Waals surface area contributed by atoms with Gasteiger partial charge in [0.15, 0.2) is 0 Å². The molecule has 1 saturated heterocycles. The number of halogens is 1. The van der Waals surface area contributed by atoms with Crippen molar-refractivity contribution < 1.29 is 23.8 Å². The number of methoxy groups -OCH3 is 1. The van der Waals surface area contributed by atoms with Crippen LogP contribution in [-0.2, 0) is 17.8 Å². The van der Waals surface area contributed by atoms with E-state index in [1.807, 2.05) is 13.0 Å². The van der Waals surface area contributed by atoms with Crippen molar-refractivity contribution in [1.29, 1.82) is 0 Å². The number of aromatic nitrogens is 1. The number of ether oxygens (including phenoxy) is 2. The Bertz CT molecular complexity index is 1430. The number of rotatable bonds is 9. The lowest BCUT2D eigenvalue weighted by Crippen LogP contribution is -2.30. The molecule has 0 unspecified atom stereocenters. The number of carboxylic acids is 1. The summed E-state index contributed by atoms with van der Waals surface area (Å²) in [4.78, 5) is 18.5. The summed E-state index contributed by atoms with van der Waals surface area (Å²) in [5.74, 6) is 0.101. The lowest BCUT2D eigenvalue weighted by atomic mass is 9.68. The van der Waals surface area contributed by atoms with E-state index in [9.17, 15) is 9.90 Å². The molecular weight excluding hydrogens is 531 g/mol. The van der Waals surface area contributed by atoms with Crippen LogP contribution in [0, 0.1) is 17.7 Å². The molecule has 2 aromatic carbocycles. The Labute approximate surface area is 247 Å². The summed E-state index contributed by atoms with van der Waals surface area (Å²) in [6, 6.07) is 14.3. The summed E-state index contributed by atoms with van der Waals surface area (Å²) in [6.07, 6.45) is 9.79. The summed E-state index contributed by atoms with van der Waals surface area (Å²) in [5.41, 5.74) is 5.74. The standard InChI is InChI=1S/C35H41FN2O4/c1-22(35(39)40)34(24-7-6-8-24)26-10-9-23-12-14-31(42-32(23)18-26)25-11-13-28(29-19-33(41-2)37-20-30(29)36)27(17-25)21-38-15-4-3-5-16-38/h9-11,13,17-20,22,24,31,34H,3-8,12,14-16,21H2,1-2H3,(H,39,40)/t22-,31+,34-/m0/s1. The van der Waals surface area contributed by atoms with Gasteiger partial charge in [0, 0.05) is 18.2 Å². The maximum atomic E-state index is 15.1. The number of carbonyl (C=O) groups is 1. The number of hydrogen-bond donors (Lipinski definition) is 1. The van der Waals surface area contributed by atoms with Gasteiger partial charge >= 0.3 is 5.97 Å². The first-order chi connectivity index (χ1) is 20.4. The zero-order valence-electron chi connectivity index (χ0n) is 24.7. The van der Waals surface area contributed by atoms with E-state index in [4.69, 9.17) is 9.47 Å². The van der Waals surface area contributed by atoms with Crippen molar-refractivity contribution in [2.24, 2.45) is 11.8 Å². The zero-order chi connectivity index (χ0) is 29.2. The maximum Gasteiger partial charge on any atom is 0.306 e. The highest BCUT2D eigenvalue weighted by Gasteiger charge is 2.36. The minimum atomic E-state index is -0.743. The van der Waals surface area contributed by atoms with Crippen molar-refractivity contribution in [2.75, 3.05) is 20.2 Å². The van der Waals surface area contributed by atoms with Gasteiger partial charge in [-0.1, -0.05) is 50.1 Å². The van der Waals surface area contributed by atoms with Crippen LogP contribution in [0.2, 0.25) is 0 Å². The van der Waals surface area contributed by atoms with Crippen molar-refractivity contribution >= 4 is 5.97 Å². The molecule has 2 aliphatic heterocycles. The van der Waals surface area contributed by atoms with Gasteiger partial charge in [0.25, 0.3) is 0 Å². The van der Waals surface area contributed by atoms with Gasteiger partial charge in [0.05, 0.1) is 19.2 Å². The van der Waals surface area contributed by atoms with Gasteiger partial charge in [-0.2, -0.15) is 0 Å². The Hall–Kier alpha value is -3.45. The molecule has 1 N–H and O–H groups in total. The van der Waals surface area contributed by atoms with Crippen LogP contribution in [0.3, 0.4) is 0 Å². The van der Waals surface area contributed by atoms with Crippen LogP contribution in [0.5, 0.6) is 11.6 Å². The quantitative estimate of drug-likeness (QED) is 0.285. The van der Waals surface area contributed by atoms with Gasteiger partial charge in [0.1, 0.15) is 17.7 Å². The van der Waals surface area contributed by atoms with Crippen molar-refractivity contribution in [3.63, 3.8) is 0 Å². The maximum absolute atomic E-state index is 15.1. The second-order valence-corrected chi connectivity index (χ2v) is 12.3. The second-order valence-electron chi connectivity index (χ2n) is 12.3. The summed E-state index contributed by atoms with van der Waals surface area (Å²) < 4.78 is 27.1. The first-order valence-electron chi connectivity index (χ1n) is 15.5. The van der Waals surface area contributed by atoms with Gasteiger partial charge < -0.3 is 14.6 Å². The lowest BCUT2D eigenvalue weighted by Gasteiger charge is -2.37. The SMILES string of the molecule is COc1cc(-c2ccc([C@H]3CCc4ccc([C@H](C5CCC5)[C@H](C)C(=O)O)cc4O3)cc2CN2CCCCC2)c(F)cn1. The first kappa shape index (κ1) is 28.7. The Balaban J connectivity index is 1.31. The van der Waals surface area contributed by atoms with Crippen LogP contribution < -0.4 is 9.47 Å². The Kier molecular flexibility index (Phi) is 8.48. The molecule has 6 nitrogen and oxygen atoms in total. The van der Waals surface area contributed by atoms with Crippen LogP contribution in [0.15, 0.2) is 48.7 Å². The molecule has 222 valence electrons. The summed E-state index contributed by atoms with van der Waals surface area (Å²) in [6.45, 7) is 4.66. The highest BCUT2D eigenvalue weighted by molar-refractivity contribution is 5.71. The number of piperidine rings is 1. The summed E-state index contributed by atoms with van der Waals surface area (Å²) >= 11 is 0. The fourth-order valence-corrected chi connectivity index (χ4v) is 7.05. The molecule has 1 aliphatic carbocycles. The topological polar surface area (TPSA) is 71.9 Å². The molecule has 42 heavy (non-hydrogen) atoms.